The van der Waals surface area contributed by atoms with E-state index in [2.05, 4.69) is 57.7 Å². The molecule has 1 saturated heterocycles. The molecule has 0 amide bonds. The summed E-state index contributed by atoms with van der Waals surface area (Å²) in [5.74, 6) is 0. The number of benzene rings is 1. The lowest BCUT2D eigenvalue weighted by Gasteiger charge is -2.33. The number of aromatic nitrogens is 1. The molecule has 1 aliphatic rings. The van der Waals surface area contributed by atoms with Gasteiger partial charge in [-0.2, -0.15) is 0 Å². The molecular weight excluding hydrogens is 246 g/mol. The molecule has 3 rings (SSSR count). The SMILES string of the molecule is c1ccc(CN2CCN[C@H](Cc3ccncc3)C2)cc1. The number of pyridine rings is 1. The van der Waals surface area contributed by atoms with Crippen molar-refractivity contribution in [3.8, 4) is 0 Å². The second-order valence-electron chi connectivity index (χ2n) is 5.43. The van der Waals surface area contributed by atoms with Gasteiger partial charge in [0.25, 0.3) is 0 Å². The summed E-state index contributed by atoms with van der Waals surface area (Å²) < 4.78 is 0. The molecule has 1 aromatic heterocycles. The van der Waals surface area contributed by atoms with Crippen LogP contribution in [-0.2, 0) is 13.0 Å². The van der Waals surface area contributed by atoms with E-state index in [1.54, 1.807) is 0 Å². The predicted octanol–water partition coefficient (Wildman–Crippen LogP) is 2.10. The van der Waals surface area contributed by atoms with Gasteiger partial charge in [0, 0.05) is 44.6 Å². The average Bonchev–Trinajstić information content (AvgIpc) is 2.50. The molecule has 1 aliphatic heterocycles. The average molecular weight is 267 g/mol. The van der Waals surface area contributed by atoms with Gasteiger partial charge in [-0.1, -0.05) is 30.3 Å². The van der Waals surface area contributed by atoms with Crippen molar-refractivity contribution in [3.05, 3.63) is 66.0 Å². The maximum atomic E-state index is 4.08. The summed E-state index contributed by atoms with van der Waals surface area (Å²) >= 11 is 0. The van der Waals surface area contributed by atoms with Crippen molar-refractivity contribution < 1.29 is 0 Å². The monoisotopic (exact) mass is 267 g/mol. The molecule has 0 unspecified atom stereocenters. The molecule has 0 bridgehead atoms. The van der Waals surface area contributed by atoms with Gasteiger partial charge in [-0.25, -0.2) is 0 Å². The highest BCUT2D eigenvalue weighted by atomic mass is 15.2. The van der Waals surface area contributed by atoms with E-state index in [4.69, 9.17) is 0 Å². The number of nitrogens with one attached hydrogen (secondary N) is 1. The van der Waals surface area contributed by atoms with E-state index in [1.165, 1.54) is 11.1 Å². The van der Waals surface area contributed by atoms with Gasteiger partial charge in [0.2, 0.25) is 0 Å². The smallest absolute Gasteiger partial charge is 0.0270 e. The van der Waals surface area contributed by atoms with Crippen molar-refractivity contribution in [3.63, 3.8) is 0 Å². The third-order valence-corrected chi connectivity index (χ3v) is 3.82. The first-order valence-electron chi connectivity index (χ1n) is 7.29. The Balaban J connectivity index is 1.57. The molecule has 104 valence electrons. The molecule has 1 atom stereocenters. The van der Waals surface area contributed by atoms with Gasteiger partial charge in [-0.3, -0.25) is 9.88 Å². The molecule has 20 heavy (non-hydrogen) atoms. The predicted molar refractivity (Wildman–Crippen MR) is 81.5 cm³/mol. The van der Waals surface area contributed by atoms with Crippen LogP contribution in [0.2, 0.25) is 0 Å². The lowest BCUT2D eigenvalue weighted by molar-refractivity contribution is 0.192. The lowest BCUT2D eigenvalue weighted by atomic mass is 10.0. The van der Waals surface area contributed by atoms with Crippen LogP contribution in [0.15, 0.2) is 54.9 Å². The molecule has 3 heteroatoms. The Hall–Kier alpha value is -1.71. The van der Waals surface area contributed by atoms with Crippen LogP contribution in [0.1, 0.15) is 11.1 Å². The van der Waals surface area contributed by atoms with Gasteiger partial charge in [-0.15, -0.1) is 0 Å². The third-order valence-electron chi connectivity index (χ3n) is 3.82. The molecule has 0 radical (unpaired) electrons. The molecule has 2 heterocycles. The molecule has 1 aromatic carbocycles. The molecule has 0 spiro atoms. The van der Waals surface area contributed by atoms with E-state index in [-0.39, 0.29) is 0 Å². The Morgan fingerprint density at radius 1 is 1.05 bits per heavy atom. The van der Waals surface area contributed by atoms with E-state index >= 15 is 0 Å². The summed E-state index contributed by atoms with van der Waals surface area (Å²) in [6.45, 7) is 4.36. The fourth-order valence-electron chi connectivity index (χ4n) is 2.82. The molecule has 0 aliphatic carbocycles. The molecular formula is C17H21N3. The Kier molecular flexibility index (Phi) is 4.41. The molecule has 1 N–H and O–H groups in total. The van der Waals surface area contributed by atoms with E-state index in [0.29, 0.717) is 6.04 Å². The maximum absolute atomic E-state index is 4.08. The Labute approximate surface area is 120 Å². The van der Waals surface area contributed by atoms with Crippen molar-refractivity contribution in [1.82, 2.24) is 15.2 Å². The van der Waals surface area contributed by atoms with Crippen LogP contribution in [0.5, 0.6) is 0 Å². The summed E-state index contributed by atoms with van der Waals surface area (Å²) in [5.41, 5.74) is 2.76. The standard InChI is InChI=1S/C17H21N3/c1-2-4-16(5-3-1)13-20-11-10-19-17(14-20)12-15-6-8-18-9-7-15/h1-9,17,19H,10-14H2/t17-/m1/s1. The zero-order chi connectivity index (χ0) is 13.6. The second-order valence-corrected chi connectivity index (χ2v) is 5.43. The van der Waals surface area contributed by atoms with Crippen LogP contribution in [0.3, 0.4) is 0 Å². The van der Waals surface area contributed by atoms with Crippen molar-refractivity contribution in [1.29, 1.82) is 0 Å². The summed E-state index contributed by atoms with van der Waals surface area (Å²) in [5, 5.41) is 3.62. The normalized spacial score (nSPS) is 19.9. The number of nitrogens with zero attached hydrogens (tertiary/aromatic N) is 2. The lowest BCUT2D eigenvalue weighted by Crippen LogP contribution is -2.51. The summed E-state index contributed by atoms with van der Waals surface area (Å²) in [7, 11) is 0. The van der Waals surface area contributed by atoms with Gasteiger partial charge in [0.1, 0.15) is 0 Å². The van der Waals surface area contributed by atoms with Crippen LogP contribution in [0, 0.1) is 0 Å². The highest BCUT2D eigenvalue weighted by Crippen LogP contribution is 2.10. The first-order valence-corrected chi connectivity index (χ1v) is 7.29. The van der Waals surface area contributed by atoms with Gasteiger partial charge in [0.05, 0.1) is 0 Å². The van der Waals surface area contributed by atoms with Crippen LogP contribution in [0.25, 0.3) is 0 Å². The van der Waals surface area contributed by atoms with Crippen LogP contribution in [0.4, 0.5) is 0 Å². The summed E-state index contributed by atoms with van der Waals surface area (Å²) in [6.07, 6.45) is 4.83. The van der Waals surface area contributed by atoms with E-state index in [9.17, 15) is 0 Å². The Bertz CT molecular complexity index is 465. The second kappa shape index (κ2) is 6.64. The number of hydrogen-bond donors (Lipinski definition) is 1. The zero-order valence-electron chi connectivity index (χ0n) is 11.7. The molecule has 3 nitrogen and oxygen atoms in total. The van der Waals surface area contributed by atoms with E-state index in [1.807, 2.05) is 12.4 Å². The molecule has 1 fully saturated rings. The number of rotatable bonds is 4. The van der Waals surface area contributed by atoms with Crippen LogP contribution >= 0.6 is 0 Å². The van der Waals surface area contributed by atoms with Crippen molar-refractivity contribution in [2.75, 3.05) is 19.6 Å². The maximum Gasteiger partial charge on any atom is 0.0270 e. The fraction of sp³-hybridized carbons (Fsp3) is 0.353. The topological polar surface area (TPSA) is 28.2 Å². The Morgan fingerprint density at radius 2 is 1.85 bits per heavy atom. The first kappa shape index (κ1) is 13.3. The van der Waals surface area contributed by atoms with Crippen LogP contribution in [-0.4, -0.2) is 35.6 Å². The highest BCUT2D eigenvalue weighted by Gasteiger charge is 2.19. The zero-order valence-corrected chi connectivity index (χ0v) is 11.7. The van der Waals surface area contributed by atoms with Gasteiger partial charge < -0.3 is 5.32 Å². The number of piperazine rings is 1. The van der Waals surface area contributed by atoms with Crippen molar-refractivity contribution in [2.45, 2.75) is 19.0 Å². The fourth-order valence-corrected chi connectivity index (χ4v) is 2.82. The minimum atomic E-state index is 0.537. The minimum Gasteiger partial charge on any atom is -0.311 e. The van der Waals surface area contributed by atoms with Crippen LogP contribution < -0.4 is 5.32 Å². The van der Waals surface area contributed by atoms with Gasteiger partial charge in [-0.05, 0) is 29.7 Å². The summed E-state index contributed by atoms with van der Waals surface area (Å²) in [6, 6.07) is 15.5. The Morgan fingerprint density at radius 3 is 2.65 bits per heavy atom. The highest BCUT2D eigenvalue weighted by molar-refractivity contribution is 5.15. The first-order chi connectivity index (χ1) is 9.90. The van der Waals surface area contributed by atoms with E-state index < -0.39 is 0 Å². The summed E-state index contributed by atoms with van der Waals surface area (Å²) in [4.78, 5) is 6.62. The molecule has 2 aromatic rings. The van der Waals surface area contributed by atoms with E-state index in [0.717, 1.165) is 32.6 Å². The largest absolute Gasteiger partial charge is 0.311 e. The third kappa shape index (κ3) is 3.65. The van der Waals surface area contributed by atoms with Crippen molar-refractivity contribution >= 4 is 0 Å². The van der Waals surface area contributed by atoms with Crippen molar-refractivity contribution in [2.24, 2.45) is 0 Å². The molecule has 0 saturated carbocycles. The quantitative estimate of drug-likeness (QED) is 0.919. The minimum absolute atomic E-state index is 0.537. The van der Waals surface area contributed by atoms with Gasteiger partial charge >= 0.3 is 0 Å². The number of hydrogen-bond acceptors (Lipinski definition) is 3. The van der Waals surface area contributed by atoms with Gasteiger partial charge in [0.15, 0.2) is 0 Å².